The highest BCUT2D eigenvalue weighted by Gasteiger charge is 2.10. The lowest BCUT2D eigenvalue weighted by Gasteiger charge is -2.22. The second-order valence-corrected chi connectivity index (χ2v) is 6.02. The van der Waals surface area contributed by atoms with E-state index in [4.69, 9.17) is 10.5 Å². The molecule has 112 valence electrons. The Morgan fingerprint density at radius 3 is 2.57 bits per heavy atom. The molecule has 4 heteroatoms. The number of hydrogen-bond acceptors (Lipinski definition) is 3. The first-order valence-electron chi connectivity index (χ1n) is 6.91. The molecule has 0 spiro atoms. The predicted octanol–water partition coefficient (Wildman–Crippen LogP) is 4.11. The summed E-state index contributed by atoms with van der Waals surface area (Å²) in [5.41, 5.74) is 9.36. The molecule has 2 N–H and O–H groups in total. The minimum Gasteiger partial charge on any atom is -0.496 e. The lowest BCUT2D eigenvalue weighted by molar-refractivity contribution is 0.409. The third kappa shape index (κ3) is 3.77. The number of rotatable bonds is 5. The van der Waals surface area contributed by atoms with E-state index in [2.05, 4.69) is 52.1 Å². The van der Waals surface area contributed by atoms with Crippen LogP contribution in [0.4, 0.5) is 5.69 Å². The van der Waals surface area contributed by atoms with Crippen molar-refractivity contribution in [3.05, 3.63) is 58.1 Å². The zero-order chi connectivity index (χ0) is 15.4. The minimum atomic E-state index is 0.0212. The van der Waals surface area contributed by atoms with E-state index >= 15 is 0 Å². The van der Waals surface area contributed by atoms with Crippen LogP contribution in [0.5, 0.6) is 5.75 Å². The molecule has 2 rings (SSSR count). The van der Waals surface area contributed by atoms with Crippen molar-refractivity contribution in [3.8, 4) is 5.75 Å². The van der Waals surface area contributed by atoms with Gasteiger partial charge in [0, 0.05) is 35.4 Å². The van der Waals surface area contributed by atoms with Gasteiger partial charge in [0.25, 0.3) is 0 Å². The van der Waals surface area contributed by atoms with Crippen LogP contribution in [0.1, 0.15) is 24.1 Å². The number of anilines is 1. The van der Waals surface area contributed by atoms with Crippen molar-refractivity contribution in [2.45, 2.75) is 19.5 Å². The molecule has 0 aliphatic rings. The van der Waals surface area contributed by atoms with Gasteiger partial charge in [-0.05, 0) is 30.7 Å². The number of nitrogens with zero attached hydrogens (tertiary/aromatic N) is 1. The molecule has 21 heavy (non-hydrogen) atoms. The Morgan fingerprint density at radius 1 is 1.24 bits per heavy atom. The summed E-state index contributed by atoms with van der Waals surface area (Å²) >= 11 is 3.60. The Bertz CT molecular complexity index is 613. The number of methoxy groups -OCH3 is 1. The minimum absolute atomic E-state index is 0.0212. The molecule has 0 heterocycles. The molecule has 2 aromatic rings. The van der Waals surface area contributed by atoms with E-state index in [-0.39, 0.29) is 6.04 Å². The van der Waals surface area contributed by atoms with Crippen LogP contribution in [0.25, 0.3) is 0 Å². The topological polar surface area (TPSA) is 38.5 Å². The number of benzene rings is 2. The maximum atomic E-state index is 5.94. The molecular weight excluding hydrogens is 328 g/mol. The lowest BCUT2D eigenvalue weighted by atomic mass is 10.1. The molecule has 0 amide bonds. The van der Waals surface area contributed by atoms with E-state index in [1.54, 1.807) is 7.11 Å². The summed E-state index contributed by atoms with van der Waals surface area (Å²) in [6, 6.07) is 14.4. The number of para-hydroxylation sites is 1. The fourth-order valence-electron chi connectivity index (χ4n) is 2.30. The SMILES string of the molecule is COc1ccccc1CN(C)c1ccc([C@H](C)N)c(Br)c1. The highest BCUT2D eigenvalue weighted by molar-refractivity contribution is 9.10. The van der Waals surface area contributed by atoms with Crippen LogP contribution >= 0.6 is 15.9 Å². The van der Waals surface area contributed by atoms with Crippen LogP contribution in [0, 0.1) is 0 Å². The van der Waals surface area contributed by atoms with E-state index in [0.717, 1.165) is 33.6 Å². The van der Waals surface area contributed by atoms with E-state index in [9.17, 15) is 0 Å². The number of halogens is 1. The van der Waals surface area contributed by atoms with Crippen molar-refractivity contribution >= 4 is 21.6 Å². The number of nitrogens with two attached hydrogens (primary N) is 1. The monoisotopic (exact) mass is 348 g/mol. The Hall–Kier alpha value is -1.52. The molecule has 0 aromatic heterocycles. The predicted molar refractivity (Wildman–Crippen MR) is 91.8 cm³/mol. The highest BCUT2D eigenvalue weighted by atomic mass is 79.9. The van der Waals surface area contributed by atoms with Gasteiger partial charge in [-0.25, -0.2) is 0 Å². The molecule has 0 bridgehead atoms. The zero-order valence-electron chi connectivity index (χ0n) is 12.6. The molecule has 2 aromatic carbocycles. The van der Waals surface area contributed by atoms with Crippen LogP contribution in [0.15, 0.2) is 46.9 Å². The van der Waals surface area contributed by atoms with Gasteiger partial charge >= 0.3 is 0 Å². The van der Waals surface area contributed by atoms with E-state index < -0.39 is 0 Å². The summed E-state index contributed by atoms with van der Waals surface area (Å²) in [6.07, 6.45) is 0. The van der Waals surface area contributed by atoms with Crippen LogP contribution < -0.4 is 15.4 Å². The van der Waals surface area contributed by atoms with E-state index in [0.29, 0.717) is 0 Å². The first-order valence-corrected chi connectivity index (χ1v) is 7.70. The van der Waals surface area contributed by atoms with Gasteiger partial charge < -0.3 is 15.4 Å². The Labute approximate surface area is 134 Å². The van der Waals surface area contributed by atoms with Crippen LogP contribution in [0.2, 0.25) is 0 Å². The Morgan fingerprint density at radius 2 is 1.95 bits per heavy atom. The molecule has 0 saturated heterocycles. The Kier molecular flexibility index (Phi) is 5.26. The van der Waals surface area contributed by atoms with Crippen LogP contribution in [0.3, 0.4) is 0 Å². The molecule has 0 aliphatic carbocycles. The first-order chi connectivity index (χ1) is 10.0. The molecular formula is C17H21BrN2O. The normalized spacial score (nSPS) is 12.0. The molecule has 1 atom stereocenters. The zero-order valence-corrected chi connectivity index (χ0v) is 14.2. The van der Waals surface area contributed by atoms with Gasteiger partial charge in [-0.15, -0.1) is 0 Å². The maximum Gasteiger partial charge on any atom is 0.123 e. The third-order valence-electron chi connectivity index (χ3n) is 3.52. The number of hydrogen-bond donors (Lipinski definition) is 1. The fraction of sp³-hybridized carbons (Fsp3) is 0.294. The highest BCUT2D eigenvalue weighted by Crippen LogP contribution is 2.28. The summed E-state index contributed by atoms with van der Waals surface area (Å²) in [6.45, 7) is 2.77. The molecule has 0 unspecified atom stereocenters. The van der Waals surface area contributed by atoms with Crippen molar-refractivity contribution in [1.29, 1.82) is 0 Å². The van der Waals surface area contributed by atoms with Crippen molar-refractivity contribution in [3.63, 3.8) is 0 Å². The van der Waals surface area contributed by atoms with Gasteiger partial charge in [0.2, 0.25) is 0 Å². The van der Waals surface area contributed by atoms with Gasteiger partial charge in [-0.3, -0.25) is 0 Å². The average molecular weight is 349 g/mol. The van der Waals surface area contributed by atoms with Crippen LogP contribution in [-0.2, 0) is 6.54 Å². The van der Waals surface area contributed by atoms with Gasteiger partial charge in [-0.1, -0.05) is 40.2 Å². The van der Waals surface area contributed by atoms with Gasteiger partial charge in [0.1, 0.15) is 5.75 Å². The maximum absolute atomic E-state index is 5.94. The molecule has 0 fully saturated rings. The average Bonchev–Trinajstić information content (AvgIpc) is 2.47. The van der Waals surface area contributed by atoms with Crippen molar-refractivity contribution in [2.75, 3.05) is 19.1 Å². The molecule has 0 saturated carbocycles. The van der Waals surface area contributed by atoms with Crippen molar-refractivity contribution in [2.24, 2.45) is 5.73 Å². The summed E-state index contributed by atoms with van der Waals surface area (Å²) in [5.74, 6) is 0.913. The molecule has 0 aliphatic heterocycles. The second-order valence-electron chi connectivity index (χ2n) is 5.16. The summed E-state index contributed by atoms with van der Waals surface area (Å²) < 4.78 is 6.45. The fourth-order valence-corrected chi connectivity index (χ4v) is 3.03. The third-order valence-corrected chi connectivity index (χ3v) is 4.20. The summed E-state index contributed by atoms with van der Waals surface area (Å²) in [4.78, 5) is 2.19. The standard InChI is InChI=1S/C17H21BrN2O/c1-12(19)15-9-8-14(10-16(15)18)20(2)11-13-6-4-5-7-17(13)21-3/h4-10,12H,11,19H2,1-3H3/t12-/m0/s1. The molecule has 3 nitrogen and oxygen atoms in total. The van der Waals surface area contributed by atoms with Crippen molar-refractivity contribution < 1.29 is 4.74 Å². The largest absolute Gasteiger partial charge is 0.496 e. The lowest BCUT2D eigenvalue weighted by Crippen LogP contribution is -2.17. The summed E-state index contributed by atoms with van der Waals surface area (Å²) in [5, 5.41) is 0. The van der Waals surface area contributed by atoms with E-state index in [1.807, 2.05) is 25.1 Å². The van der Waals surface area contributed by atoms with E-state index in [1.165, 1.54) is 0 Å². The van der Waals surface area contributed by atoms with Gasteiger partial charge in [-0.2, -0.15) is 0 Å². The summed E-state index contributed by atoms with van der Waals surface area (Å²) in [7, 11) is 3.77. The number of ether oxygens (including phenoxy) is 1. The second kappa shape index (κ2) is 6.96. The van der Waals surface area contributed by atoms with Crippen LogP contribution in [-0.4, -0.2) is 14.2 Å². The van der Waals surface area contributed by atoms with Gasteiger partial charge in [0.05, 0.1) is 7.11 Å². The Balaban J connectivity index is 2.20. The quantitative estimate of drug-likeness (QED) is 0.883. The van der Waals surface area contributed by atoms with Gasteiger partial charge in [0.15, 0.2) is 0 Å². The smallest absolute Gasteiger partial charge is 0.123 e. The molecule has 0 radical (unpaired) electrons. The first kappa shape index (κ1) is 15.9. The van der Waals surface area contributed by atoms with Crippen molar-refractivity contribution in [1.82, 2.24) is 0 Å².